The van der Waals surface area contributed by atoms with Crippen molar-refractivity contribution >= 4 is 34.3 Å². The summed E-state index contributed by atoms with van der Waals surface area (Å²) < 4.78 is 2.05. The molecule has 9 nitrogen and oxygen atoms in total. The standard InChI is InChI=1S/C28H35N9/c1-33(2)24-12-13-36(19-24)28-31-26(25-27(32-28)37(20-29-25)22-9-5-4-6-10-22)30-21-8-7-11-23(18-21)35-16-14-34(3)15-17-35/h4-11,18,20,24H,12-17,19H2,1-3H3,(H,30,31,32). The summed E-state index contributed by atoms with van der Waals surface area (Å²) in [6.07, 6.45) is 2.94. The number of nitrogens with one attached hydrogen (secondary N) is 1. The lowest BCUT2D eigenvalue weighted by Gasteiger charge is -2.34. The number of aromatic nitrogens is 4. The Balaban J connectivity index is 1.37. The van der Waals surface area contributed by atoms with Gasteiger partial charge in [-0.3, -0.25) is 4.57 Å². The van der Waals surface area contributed by atoms with Crippen LogP contribution in [0.1, 0.15) is 6.42 Å². The number of piperazine rings is 1. The topological polar surface area (TPSA) is 68.6 Å². The van der Waals surface area contributed by atoms with Crippen LogP contribution in [0.25, 0.3) is 16.9 Å². The lowest BCUT2D eigenvalue weighted by atomic mass is 10.2. The highest BCUT2D eigenvalue weighted by Gasteiger charge is 2.27. The fourth-order valence-electron chi connectivity index (χ4n) is 5.22. The summed E-state index contributed by atoms with van der Waals surface area (Å²) in [5.74, 6) is 1.48. The summed E-state index contributed by atoms with van der Waals surface area (Å²) in [5, 5.41) is 3.60. The monoisotopic (exact) mass is 497 g/mol. The Kier molecular flexibility index (Phi) is 6.40. The van der Waals surface area contributed by atoms with Crippen molar-refractivity contribution < 1.29 is 0 Å². The Morgan fingerprint density at radius 2 is 1.65 bits per heavy atom. The van der Waals surface area contributed by atoms with E-state index in [0.29, 0.717) is 6.04 Å². The van der Waals surface area contributed by atoms with E-state index >= 15 is 0 Å². The van der Waals surface area contributed by atoms with Gasteiger partial charge in [-0.15, -0.1) is 0 Å². The van der Waals surface area contributed by atoms with Crippen molar-refractivity contribution in [3.8, 4) is 5.69 Å². The largest absolute Gasteiger partial charge is 0.369 e. The molecule has 2 saturated heterocycles. The van der Waals surface area contributed by atoms with Crippen molar-refractivity contribution in [2.45, 2.75) is 12.5 Å². The van der Waals surface area contributed by atoms with Crippen molar-refractivity contribution in [1.82, 2.24) is 29.3 Å². The van der Waals surface area contributed by atoms with Crippen molar-refractivity contribution in [2.24, 2.45) is 0 Å². The first-order valence-electron chi connectivity index (χ1n) is 13.1. The summed E-state index contributed by atoms with van der Waals surface area (Å²) in [7, 11) is 6.47. The average molecular weight is 498 g/mol. The van der Waals surface area contributed by atoms with E-state index in [2.05, 4.69) is 82.5 Å². The number of para-hydroxylation sites is 1. The smallest absolute Gasteiger partial charge is 0.229 e. The quantitative estimate of drug-likeness (QED) is 0.435. The predicted octanol–water partition coefficient (Wildman–Crippen LogP) is 3.45. The van der Waals surface area contributed by atoms with E-state index < -0.39 is 0 Å². The number of nitrogens with zero attached hydrogens (tertiary/aromatic N) is 8. The maximum Gasteiger partial charge on any atom is 0.229 e. The van der Waals surface area contributed by atoms with Gasteiger partial charge in [-0.25, -0.2) is 4.98 Å². The van der Waals surface area contributed by atoms with Gasteiger partial charge in [-0.2, -0.15) is 9.97 Å². The first kappa shape index (κ1) is 23.7. The Morgan fingerprint density at radius 3 is 2.41 bits per heavy atom. The molecule has 2 aliphatic rings. The number of fused-ring (bicyclic) bond motifs is 1. The Morgan fingerprint density at radius 1 is 0.865 bits per heavy atom. The lowest BCUT2D eigenvalue weighted by Crippen LogP contribution is -2.44. The van der Waals surface area contributed by atoms with E-state index in [1.807, 2.05) is 29.1 Å². The number of anilines is 4. The Hall–Kier alpha value is -3.69. The highest BCUT2D eigenvalue weighted by molar-refractivity contribution is 5.88. The van der Waals surface area contributed by atoms with E-state index in [1.165, 1.54) is 5.69 Å². The van der Waals surface area contributed by atoms with Gasteiger partial charge in [0.2, 0.25) is 5.95 Å². The third-order valence-electron chi connectivity index (χ3n) is 7.57. The maximum atomic E-state index is 5.03. The van der Waals surface area contributed by atoms with Gasteiger partial charge in [-0.1, -0.05) is 24.3 Å². The molecular weight excluding hydrogens is 462 g/mol. The lowest BCUT2D eigenvalue weighted by molar-refractivity contribution is 0.313. The SMILES string of the molecule is CN1CCN(c2cccc(Nc3nc(N4CCC(N(C)C)C4)nc4c3ncn4-c3ccccc3)c2)CC1. The second kappa shape index (κ2) is 9.99. The normalized spacial score (nSPS) is 18.8. The van der Waals surface area contributed by atoms with Gasteiger partial charge in [0.15, 0.2) is 17.0 Å². The highest BCUT2D eigenvalue weighted by atomic mass is 15.3. The van der Waals surface area contributed by atoms with Crippen LogP contribution >= 0.6 is 0 Å². The van der Waals surface area contributed by atoms with Crippen LogP contribution < -0.4 is 15.1 Å². The third-order valence-corrected chi connectivity index (χ3v) is 7.57. The Bertz CT molecular complexity index is 1360. The van der Waals surface area contributed by atoms with Crippen molar-refractivity contribution in [2.75, 3.05) is 75.5 Å². The highest BCUT2D eigenvalue weighted by Crippen LogP contribution is 2.30. The summed E-state index contributed by atoms with van der Waals surface area (Å²) in [4.78, 5) is 24.2. The molecular formula is C28H35N9. The molecule has 2 aromatic carbocycles. The number of rotatable bonds is 6. The zero-order valence-corrected chi connectivity index (χ0v) is 21.9. The van der Waals surface area contributed by atoms with Gasteiger partial charge >= 0.3 is 0 Å². The number of imidazole rings is 1. The molecule has 4 heterocycles. The van der Waals surface area contributed by atoms with E-state index in [-0.39, 0.29) is 0 Å². The number of hydrogen-bond donors (Lipinski definition) is 1. The van der Waals surface area contributed by atoms with Crippen LogP contribution in [0.5, 0.6) is 0 Å². The van der Waals surface area contributed by atoms with Crippen molar-refractivity contribution in [3.05, 3.63) is 60.9 Å². The number of likely N-dealkylation sites (N-methyl/N-ethyl adjacent to an activating group) is 2. The molecule has 1 atom stereocenters. The first-order valence-corrected chi connectivity index (χ1v) is 13.1. The van der Waals surface area contributed by atoms with Gasteiger partial charge in [0.1, 0.15) is 6.33 Å². The molecule has 2 aliphatic heterocycles. The summed E-state index contributed by atoms with van der Waals surface area (Å²) in [6.45, 7) is 6.07. The van der Waals surface area contributed by atoms with Gasteiger partial charge in [0.05, 0.1) is 0 Å². The summed E-state index contributed by atoms with van der Waals surface area (Å²) in [6, 6.07) is 19.4. The molecule has 0 aliphatic carbocycles. The van der Waals surface area contributed by atoms with E-state index in [9.17, 15) is 0 Å². The van der Waals surface area contributed by atoms with E-state index in [0.717, 1.165) is 80.0 Å². The van der Waals surface area contributed by atoms with Crippen LogP contribution in [0.4, 0.5) is 23.1 Å². The summed E-state index contributed by atoms with van der Waals surface area (Å²) in [5.41, 5.74) is 4.84. The van der Waals surface area contributed by atoms with Crippen LogP contribution in [0, 0.1) is 0 Å². The zero-order valence-electron chi connectivity index (χ0n) is 21.9. The third kappa shape index (κ3) is 4.84. The molecule has 0 spiro atoms. The minimum atomic E-state index is 0.495. The molecule has 37 heavy (non-hydrogen) atoms. The molecule has 192 valence electrons. The molecule has 1 unspecified atom stereocenters. The Labute approximate surface area is 218 Å². The van der Waals surface area contributed by atoms with Crippen molar-refractivity contribution in [1.29, 1.82) is 0 Å². The van der Waals surface area contributed by atoms with E-state index in [4.69, 9.17) is 15.0 Å². The molecule has 2 fully saturated rings. The number of benzene rings is 2. The predicted molar refractivity (Wildman–Crippen MR) is 150 cm³/mol. The minimum Gasteiger partial charge on any atom is -0.369 e. The molecule has 0 saturated carbocycles. The fourth-order valence-corrected chi connectivity index (χ4v) is 5.22. The second-order valence-corrected chi connectivity index (χ2v) is 10.3. The molecule has 0 radical (unpaired) electrons. The molecule has 1 N–H and O–H groups in total. The van der Waals surface area contributed by atoms with Crippen LogP contribution in [-0.4, -0.2) is 95.8 Å². The maximum absolute atomic E-state index is 5.03. The fraction of sp³-hybridized carbons (Fsp3) is 0.393. The summed E-state index contributed by atoms with van der Waals surface area (Å²) >= 11 is 0. The molecule has 0 amide bonds. The molecule has 6 rings (SSSR count). The molecule has 9 heteroatoms. The van der Waals surface area contributed by atoms with Crippen LogP contribution in [0.3, 0.4) is 0 Å². The average Bonchev–Trinajstić information content (AvgIpc) is 3.58. The molecule has 4 aromatic rings. The molecule has 0 bridgehead atoms. The van der Waals surface area contributed by atoms with Gasteiger partial charge in [-0.05, 0) is 57.9 Å². The van der Waals surface area contributed by atoms with Crippen LogP contribution in [0.2, 0.25) is 0 Å². The number of hydrogen-bond acceptors (Lipinski definition) is 8. The van der Waals surface area contributed by atoms with Crippen LogP contribution in [-0.2, 0) is 0 Å². The second-order valence-electron chi connectivity index (χ2n) is 10.3. The molecule has 2 aromatic heterocycles. The van der Waals surface area contributed by atoms with Gasteiger partial charge in [0, 0.05) is 62.4 Å². The first-order chi connectivity index (χ1) is 18.0. The van der Waals surface area contributed by atoms with Gasteiger partial charge < -0.3 is 24.9 Å². The van der Waals surface area contributed by atoms with Crippen molar-refractivity contribution in [3.63, 3.8) is 0 Å². The van der Waals surface area contributed by atoms with E-state index in [1.54, 1.807) is 0 Å². The minimum absolute atomic E-state index is 0.495. The van der Waals surface area contributed by atoms with Crippen LogP contribution in [0.15, 0.2) is 60.9 Å². The zero-order chi connectivity index (χ0) is 25.4. The van der Waals surface area contributed by atoms with Gasteiger partial charge in [0.25, 0.3) is 0 Å².